The minimum absolute atomic E-state index is 0.243. The van der Waals surface area contributed by atoms with Crippen molar-refractivity contribution in [2.45, 2.75) is 38.3 Å². The van der Waals surface area contributed by atoms with Crippen molar-refractivity contribution in [2.24, 2.45) is 0 Å². The number of para-hydroxylation sites is 1. The third kappa shape index (κ3) is 3.27. The van der Waals surface area contributed by atoms with Crippen LogP contribution in [0, 0.1) is 0 Å². The highest BCUT2D eigenvalue weighted by molar-refractivity contribution is 5.82. The van der Waals surface area contributed by atoms with Crippen LogP contribution in [0.4, 0.5) is 5.69 Å². The number of carbonyl (C=O) groups is 1. The Labute approximate surface area is 133 Å². The van der Waals surface area contributed by atoms with Gasteiger partial charge in [-0.05, 0) is 38.4 Å². The molecule has 0 radical (unpaired) electrons. The molecule has 2 heterocycles. The average molecular weight is 301 g/mol. The molecule has 1 atom stereocenters. The van der Waals surface area contributed by atoms with Gasteiger partial charge in [-0.25, -0.2) is 0 Å². The van der Waals surface area contributed by atoms with E-state index in [2.05, 4.69) is 11.8 Å². The predicted molar refractivity (Wildman–Crippen MR) is 90.1 cm³/mol. The van der Waals surface area contributed by atoms with Crippen LogP contribution in [0.25, 0.3) is 0 Å². The van der Waals surface area contributed by atoms with Crippen molar-refractivity contribution < 1.29 is 4.79 Å². The number of benzene rings is 1. The normalized spacial score (nSPS) is 23.2. The molecular formula is C18H27N3O. The van der Waals surface area contributed by atoms with Crippen molar-refractivity contribution in [2.75, 3.05) is 38.1 Å². The van der Waals surface area contributed by atoms with E-state index in [0.717, 1.165) is 18.8 Å². The van der Waals surface area contributed by atoms with Crippen LogP contribution >= 0.6 is 0 Å². The van der Waals surface area contributed by atoms with Crippen molar-refractivity contribution in [1.82, 2.24) is 9.80 Å². The highest BCUT2D eigenvalue weighted by Crippen LogP contribution is 2.24. The minimum Gasteiger partial charge on any atom is -0.365 e. The zero-order chi connectivity index (χ0) is 15.5. The average Bonchev–Trinajstić information content (AvgIpc) is 2.48. The van der Waals surface area contributed by atoms with Gasteiger partial charge in [-0.1, -0.05) is 24.6 Å². The second-order valence-corrected chi connectivity index (χ2v) is 6.73. The van der Waals surface area contributed by atoms with E-state index in [1.165, 1.54) is 25.8 Å². The molecule has 120 valence electrons. The van der Waals surface area contributed by atoms with Gasteiger partial charge in [0.15, 0.2) is 0 Å². The summed E-state index contributed by atoms with van der Waals surface area (Å²) in [5.74, 6) is 0.243. The molecule has 2 fully saturated rings. The fourth-order valence-corrected chi connectivity index (χ4v) is 3.61. The van der Waals surface area contributed by atoms with Gasteiger partial charge in [0.2, 0.25) is 5.91 Å². The highest BCUT2D eigenvalue weighted by atomic mass is 16.2. The van der Waals surface area contributed by atoms with Crippen LogP contribution in [0.5, 0.6) is 0 Å². The van der Waals surface area contributed by atoms with Gasteiger partial charge in [-0.3, -0.25) is 9.69 Å². The number of rotatable bonds is 4. The molecule has 0 N–H and O–H groups in total. The number of hydrogen-bond acceptors (Lipinski definition) is 3. The molecule has 0 spiro atoms. The molecular weight excluding hydrogens is 274 g/mol. The maximum absolute atomic E-state index is 12.4. The number of likely N-dealkylation sites (N-methyl/N-ethyl adjacent to an activating group) is 1. The van der Waals surface area contributed by atoms with Gasteiger partial charge >= 0.3 is 0 Å². The lowest BCUT2D eigenvalue weighted by atomic mass is 9.97. The SMILES string of the molecule is CC1CCCCN1C1CN(C(=O)CN(C)c2ccccc2)C1. The van der Waals surface area contributed by atoms with Crippen LogP contribution < -0.4 is 4.90 Å². The second kappa shape index (κ2) is 6.69. The summed E-state index contributed by atoms with van der Waals surface area (Å²) in [6.45, 7) is 5.81. The van der Waals surface area contributed by atoms with E-state index in [0.29, 0.717) is 18.6 Å². The second-order valence-electron chi connectivity index (χ2n) is 6.73. The molecule has 3 rings (SSSR count). The van der Waals surface area contributed by atoms with Gasteiger partial charge in [0.05, 0.1) is 6.54 Å². The monoisotopic (exact) mass is 301 g/mol. The topological polar surface area (TPSA) is 26.8 Å². The van der Waals surface area contributed by atoms with Crippen LogP contribution in [0.3, 0.4) is 0 Å². The highest BCUT2D eigenvalue weighted by Gasteiger charge is 2.37. The minimum atomic E-state index is 0.243. The molecule has 4 nitrogen and oxygen atoms in total. The van der Waals surface area contributed by atoms with Gasteiger partial charge in [0.25, 0.3) is 0 Å². The molecule has 0 aromatic heterocycles. The Morgan fingerprint density at radius 3 is 2.64 bits per heavy atom. The quantitative estimate of drug-likeness (QED) is 0.853. The number of amides is 1. The van der Waals surface area contributed by atoms with E-state index in [-0.39, 0.29) is 5.91 Å². The van der Waals surface area contributed by atoms with Crippen molar-refractivity contribution in [3.63, 3.8) is 0 Å². The van der Waals surface area contributed by atoms with Crippen molar-refractivity contribution in [1.29, 1.82) is 0 Å². The third-order valence-electron chi connectivity index (χ3n) is 5.11. The van der Waals surface area contributed by atoms with Crippen LogP contribution in [0.1, 0.15) is 26.2 Å². The van der Waals surface area contributed by atoms with Crippen LogP contribution in [0.2, 0.25) is 0 Å². The Morgan fingerprint density at radius 2 is 1.95 bits per heavy atom. The van der Waals surface area contributed by atoms with Crippen LogP contribution in [0.15, 0.2) is 30.3 Å². The maximum atomic E-state index is 12.4. The lowest BCUT2D eigenvalue weighted by molar-refractivity contribution is -0.138. The van der Waals surface area contributed by atoms with Crippen molar-refractivity contribution in [3.05, 3.63) is 30.3 Å². The molecule has 22 heavy (non-hydrogen) atoms. The first-order valence-electron chi connectivity index (χ1n) is 8.45. The Bertz CT molecular complexity index is 498. The fraction of sp³-hybridized carbons (Fsp3) is 0.611. The van der Waals surface area contributed by atoms with Crippen molar-refractivity contribution in [3.8, 4) is 0 Å². The van der Waals surface area contributed by atoms with E-state index in [1.54, 1.807) is 0 Å². The number of anilines is 1. The molecule has 0 saturated carbocycles. The summed E-state index contributed by atoms with van der Waals surface area (Å²) in [7, 11) is 1.98. The predicted octanol–water partition coefficient (Wildman–Crippen LogP) is 2.21. The zero-order valence-electron chi connectivity index (χ0n) is 13.7. The number of hydrogen-bond donors (Lipinski definition) is 0. The Balaban J connectivity index is 1.47. The first-order valence-corrected chi connectivity index (χ1v) is 8.45. The summed E-state index contributed by atoms with van der Waals surface area (Å²) in [6.07, 6.45) is 3.97. The smallest absolute Gasteiger partial charge is 0.242 e. The Hall–Kier alpha value is -1.55. The van der Waals surface area contributed by atoms with Gasteiger partial charge in [0.1, 0.15) is 0 Å². The first-order chi connectivity index (χ1) is 10.6. The maximum Gasteiger partial charge on any atom is 0.242 e. The molecule has 1 unspecified atom stereocenters. The molecule has 2 saturated heterocycles. The molecule has 1 amide bonds. The van der Waals surface area contributed by atoms with E-state index in [4.69, 9.17) is 0 Å². The van der Waals surface area contributed by atoms with Gasteiger partial charge in [-0.15, -0.1) is 0 Å². The van der Waals surface area contributed by atoms with E-state index in [9.17, 15) is 4.79 Å². The van der Waals surface area contributed by atoms with Gasteiger partial charge in [0, 0.05) is 37.9 Å². The number of carbonyl (C=O) groups excluding carboxylic acids is 1. The third-order valence-corrected chi connectivity index (χ3v) is 5.11. The number of piperidine rings is 1. The summed E-state index contributed by atoms with van der Waals surface area (Å²) in [4.78, 5) is 19.0. The van der Waals surface area contributed by atoms with Crippen molar-refractivity contribution >= 4 is 11.6 Å². The molecule has 4 heteroatoms. The summed E-state index contributed by atoms with van der Waals surface area (Å²) < 4.78 is 0. The van der Waals surface area contributed by atoms with E-state index < -0.39 is 0 Å². The molecule has 0 bridgehead atoms. The molecule has 1 aromatic carbocycles. The molecule has 0 aliphatic carbocycles. The van der Waals surface area contributed by atoms with E-state index >= 15 is 0 Å². The zero-order valence-corrected chi connectivity index (χ0v) is 13.7. The van der Waals surface area contributed by atoms with E-state index in [1.807, 2.05) is 47.2 Å². The Morgan fingerprint density at radius 1 is 1.23 bits per heavy atom. The summed E-state index contributed by atoms with van der Waals surface area (Å²) in [6, 6.07) is 11.4. The standard InChI is InChI=1S/C18H27N3O/c1-15-8-6-7-11-21(15)17-12-20(13-17)18(22)14-19(2)16-9-4-3-5-10-16/h3-5,9-10,15,17H,6-8,11-14H2,1-2H3. The van der Waals surface area contributed by atoms with Crippen LogP contribution in [-0.4, -0.2) is 61.0 Å². The molecule has 2 aliphatic rings. The summed E-state index contributed by atoms with van der Waals surface area (Å²) in [5, 5.41) is 0. The summed E-state index contributed by atoms with van der Waals surface area (Å²) in [5.41, 5.74) is 1.09. The first kappa shape index (κ1) is 15.3. The van der Waals surface area contributed by atoms with Gasteiger partial charge in [-0.2, -0.15) is 0 Å². The molecule has 1 aromatic rings. The lowest BCUT2D eigenvalue weighted by Gasteiger charge is -2.49. The Kier molecular flexibility index (Phi) is 4.67. The lowest BCUT2D eigenvalue weighted by Crippen LogP contribution is -2.64. The fourth-order valence-electron chi connectivity index (χ4n) is 3.61. The summed E-state index contributed by atoms with van der Waals surface area (Å²) >= 11 is 0. The largest absolute Gasteiger partial charge is 0.365 e. The molecule has 2 aliphatic heterocycles. The van der Waals surface area contributed by atoms with Gasteiger partial charge < -0.3 is 9.80 Å². The number of likely N-dealkylation sites (tertiary alicyclic amines) is 2. The number of nitrogens with zero attached hydrogens (tertiary/aromatic N) is 3. The van der Waals surface area contributed by atoms with Crippen LogP contribution in [-0.2, 0) is 4.79 Å².